The predicted molar refractivity (Wildman–Crippen MR) is 316 cm³/mol. The summed E-state index contributed by atoms with van der Waals surface area (Å²) in [4.78, 5) is 48.5. The lowest BCUT2D eigenvalue weighted by Gasteiger charge is -2.21. The van der Waals surface area contributed by atoms with Gasteiger partial charge in [0.2, 0.25) is 0 Å². The molecule has 0 bridgehead atoms. The molecular formula is C64H105O11P. The molecule has 0 heterocycles. The number of hydrogen-bond acceptors (Lipinski definition) is 10. The second-order valence-electron chi connectivity index (χ2n) is 19.1. The van der Waals surface area contributed by atoms with Gasteiger partial charge >= 0.3 is 25.7 Å². The molecule has 0 amide bonds. The molecule has 0 spiro atoms. The number of aliphatic hydroxyl groups excluding tert-OH is 1. The highest BCUT2D eigenvalue weighted by molar-refractivity contribution is 7.47. The highest BCUT2D eigenvalue weighted by atomic mass is 31.2. The lowest BCUT2D eigenvalue weighted by atomic mass is 10.1. The van der Waals surface area contributed by atoms with Crippen LogP contribution in [0.1, 0.15) is 226 Å². The van der Waals surface area contributed by atoms with E-state index in [9.17, 15) is 28.9 Å². The van der Waals surface area contributed by atoms with E-state index in [2.05, 4.69) is 118 Å². The summed E-state index contributed by atoms with van der Waals surface area (Å²) in [5, 5.41) is 9.81. The maximum Gasteiger partial charge on any atom is 0.472 e. The monoisotopic (exact) mass is 1080 g/mol. The van der Waals surface area contributed by atoms with E-state index in [0.717, 1.165) is 83.5 Å². The fourth-order valence-electron chi connectivity index (χ4n) is 7.48. The van der Waals surface area contributed by atoms with Gasteiger partial charge in [-0.1, -0.05) is 219 Å². The van der Waals surface area contributed by atoms with E-state index in [0.29, 0.717) is 19.3 Å². The third kappa shape index (κ3) is 54.7. The van der Waals surface area contributed by atoms with E-state index in [4.69, 9.17) is 23.3 Å². The van der Waals surface area contributed by atoms with Crippen molar-refractivity contribution < 1.29 is 52.2 Å². The van der Waals surface area contributed by atoms with Gasteiger partial charge in [0.05, 0.1) is 26.2 Å². The number of aliphatic hydroxyl groups is 1. The predicted octanol–water partition coefficient (Wildman–Crippen LogP) is 17.6. The summed E-state index contributed by atoms with van der Waals surface area (Å²) in [7, 11) is -4.79. The molecule has 76 heavy (non-hydrogen) atoms. The van der Waals surface area contributed by atoms with Crippen LogP contribution >= 0.6 is 7.82 Å². The van der Waals surface area contributed by atoms with Gasteiger partial charge in [-0.2, -0.15) is 0 Å². The zero-order valence-electron chi connectivity index (χ0n) is 47.7. The molecule has 12 heteroatoms. The molecule has 0 aromatic rings. The van der Waals surface area contributed by atoms with E-state index in [1.165, 1.54) is 83.5 Å². The van der Waals surface area contributed by atoms with Crippen molar-refractivity contribution in [2.24, 2.45) is 0 Å². The maximum absolute atomic E-state index is 12.9. The highest BCUT2D eigenvalue weighted by Crippen LogP contribution is 2.43. The Labute approximate surface area is 462 Å². The fourth-order valence-corrected chi connectivity index (χ4v) is 8.26. The molecule has 11 nitrogen and oxygen atoms in total. The smallest absolute Gasteiger partial charge is 0.462 e. The first-order valence-electron chi connectivity index (χ1n) is 29.4. The standard InChI is InChI=1S/C64H105O11P/c1-4-7-10-13-16-19-22-25-28-29-30-31-34-35-38-41-44-47-50-53-62(66)71-57-61(75-64(68)55-52-49-46-43-40-37-33-27-24-21-18-15-12-9-6-3)59-73-76(69,70)72-58-60(56-65)74-63(67)54-51-48-45-42-39-36-32-26-23-20-17-14-11-8-5-2/h8-9,11-12,17-18,20-21,25-28,32-33,39-40,42-43,49,52,60-61,65H,4-7,10,13-16,19,22-24,29-31,34-38,41,44-48,50-51,53-59H2,1-3H3,(H,69,70)/b11-8-,12-9-,20-17-,21-18-,28-25-,32-26-,33-27-,42-39-,43-40-,52-49-. The Morgan fingerprint density at radius 2 is 0.737 bits per heavy atom. The summed E-state index contributed by atoms with van der Waals surface area (Å²) in [6, 6.07) is 0. The second-order valence-corrected chi connectivity index (χ2v) is 20.5. The van der Waals surface area contributed by atoms with E-state index in [-0.39, 0.29) is 25.9 Å². The number of ether oxygens (including phenoxy) is 3. The van der Waals surface area contributed by atoms with Gasteiger partial charge in [0.25, 0.3) is 0 Å². The van der Waals surface area contributed by atoms with Crippen molar-refractivity contribution in [3.63, 3.8) is 0 Å². The quantitative estimate of drug-likeness (QED) is 0.0197. The van der Waals surface area contributed by atoms with Crippen molar-refractivity contribution in [3.05, 3.63) is 122 Å². The average Bonchev–Trinajstić information content (AvgIpc) is 3.41. The molecule has 0 saturated carbocycles. The van der Waals surface area contributed by atoms with Crippen molar-refractivity contribution >= 4 is 25.7 Å². The van der Waals surface area contributed by atoms with E-state index in [1.807, 2.05) is 18.2 Å². The van der Waals surface area contributed by atoms with Crippen molar-refractivity contribution in [1.82, 2.24) is 0 Å². The van der Waals surface area contributed by atoms with Crippen LogP contribution in [0.25, 0.3) is 0 Å². The van der Waals surface area contributed by atoms with Crippen LogP contribution in [0, 0.1) is 0 Å². The molecule has 0 aromatic carbocycles. The molecule has 0 radical (unpaired) electrons. The Morgan fingerprint density at radius 1 is 0.395 bits per heavy atom. The number of unbranched alkanes of at least 4 members (excludes halogenated alkanes) is 17. The van der Waals surface area contributed by atoms with Crippen LogP contribution in [0.15, 0.2) is 122 Å². The molecule has 0 aliphatic carbocycles. The topological polar surface area (TPSA) is 155 Å². The number of phosphoric ester groups is 1. The number of carbonyl (C=O) groups is 3. The first-order valence-corrected chi connectivity index (χ1v) is 30.9. The lowest BCUT2D eigenvalue weighted by Crippen LogP contribution is -2.30. The molecule has 0 aliphatic rings. The van der Waals surface area contributed by atoms with E-state index < -0.39 is 57.8 Å². The fraction of sp³-hybridized carbons (Fsp3) is 0.641. The summed E-state index contributed by atoms with van der Waals surface area (Å²) >= 11 is 0. The molecule has 432 valence electrons. The first-order chi connectivity index (χ1) is 37.2. The van der Waals surface area contributed by atoms with Gasteiger partial charge in [0.1, 0.15) is 12.7 Å². The van der Waals surface area contributed by atoms with Crippen molar-refractivity contribution in [2.45, 2.75) is 238 Å². The van der Waals surface area contributed by atoms with Gasteiger partial charge in [-0.05, 0) is 109 Å². The number of rotatable bonds is 53. The zero-order valence-corrected chi connectivity index (χ0v) is 48.6. The van der Waals surface area contributed by atoms with Gasteiger partial charge in [-0.3, -0.25) is 23.4 Å². The molecule has 0 saturated heterocycles. The lowest BCUT2D eigenvalue weighted by molar-refractivity contribution is -0.160. The number of carbonyl (C=O) groups excluding carboxylic acids is 3. The molecule has 3 atom stereocenters. The minimum absolute atomic E-state index is 0.0735. The molecule has 3 unspecified atom stereocenters. The van der Waals surface area contributed by atoms with Crippen molar-refractivity contribution in [2.75, 3.05) is 26.4 Å². The summed E-state index contributed by atoms with van der Waals surface area (Å²) in [5.41, 5.74) is 0. The number of hydrogen-bond donors (Lipinski definition) is 2. The second kappa shape index (κ2) is 57.1. The molecule has 0 fully saturated rings. The molecule has 2 N–H and O–H groups in total. The van der Waals surface area contributed by atoms with Crippen molar-refractivity contribution in [3.8, 4) is 0 Å². The molecule has 0 rings (SSSR count). The minimum Gasteiger partial charge on any atom is -0.462 e. The van der Waals surface area contributed by atoms with Crippen LogP contribution in [0.4, 0.5) is 0 Å². The summed E-state index contributed by atoms with van der Waals surface area (Å²) in [6.07, 6.45) is 70.5. The van der Waals surface area contributed by atoms with E-state index in [1.54, 1.807) is 6.08 Å². The van der Waals surface area contributed by atoms with Crippen molar-refractivity contribution in [1.29, 1.82) is 0 Å². The SMILES string of the molecule is CC/C=C\C/C=C\C/C=C\C/C=C\C/C=C\CC(=O)OC(COC(=O)CCCCCCCCCCC/C=C\CCCCCCCC)COP(=O)(O)OCC(CO)OC(=O)CCCC/C=C\C/C=C\C/C=C\C/C=C\CC. The third-order valence-electron chi connectivity index (χ3n) is 11.9. The van der Waals surface area contributed by atoms with Crippen LogP contribution in [-0.4, -0.2) is 66.5 Å². The number of allylic oxidation sites excluding steroid dienone is 19. The van der Waals surface area contributed by atoms with Crippen LogP contribution < -0.4 is 0 Å². The van der Waals surface area contributed by atoms with E-state index >= 15 is 0 Å². The Kier molecular flexibility index (Phi) is 54.0. The summed E-state index contributed by atoms with van der Waals surface area (Å²) in [6.45, 7) is 4.25. The highest BCUT2D eigenvalue weighted by Gasteiger charge is 2.28. The Morgan fingerprint density at radius 3 is 1.20 bits per heavy atom. The zero-order chi connectivity index (χ0) is 55.5. The Hall–Kier alpha value is -4.12. The van der Waals surface area contributed by atoms with Gasteiger partial charge < -0.3 is 24.2 Å². The van der Waals surface area contributed by atoms with Crippen LogP contribution in [-0.2, 0) is 42.2 Å². The Balaban J connectivity index is 4.85. The van der Waals surface area contributed by atoms with Gasteiger partial charge in [0, 0.05) is 12.8 Å². The largest absolute Gasteiger partial charge is 0.472 e. The molecule has 0 aromatic heterocycles. The Bertz CT molecular complexity index is 1740. The van der Waals surface area contributed by atoms with Gasteiger partial charge in [0.15, 0.2) is 6.10 Å². The average molecular weight is 1080 g/mol. The maximum atomic E-state index is 12.9. The normalized spacial score (nSPS) is 14.2. The summed E-state index contributed by atoms with van der Waals surface area (Å²) < 4.78 is 39.4. The van der Waals surface area contributed by atoms with Gasteiger partial charge in [-0.25, -0.2) is 4.57 Å². The summed E-state index contributed by atoms with van der Waals surface area (Å²) in [5.74, 6) is -1.67. The third-order valence-corrected chi connectivity index (χ3v) is 12.8. The molecule has 0 aliphatic heterocycles. The van der Waals surface area contributed by atoms with Crippen LogP contribution in [0.5, 0.6) is 0 Å². The van der Waals surface area contributed by atoms with Crippen LogP contribution in [0.2, 0.25) is 0 Å². The molecular weight excluding hydrogens is 976 g/mol. The van der Waals surface area contributed by atoms with Crippen LogP contribution in [0.3, 0.4) is 0 Å². The first kappa shape index (κ1) is 71.9. The minimum atomic E-state index is -4.79. The number of phosphoric acid groups is 1. The number of esters is 3. The van der Waals surface area contributed by atoms with Gasteiger partial charge in [-0.15, -0.1) is 0 Å².